The van der Waals surface area contributed by atoms with E-state index in [-0.39, 0.29) is 22.3 Å². The minimum atomic E-state index is 0. The molecule has 1 heterocycles. The first kappa shape index (κ1) is 74.0. The van der Waals surface area contributed by atoms with Crippen molar-refractivity contribution < 1.29 is 9.15 Å². The monoisotopic (exact) mass is 1010 g/mol. The van der Waals surface area contributed by atoms with Gasteiger partial charge in [0.25, 0.3) is 0 Å². The molecule has 0 saturated heterocycles. The van der Waals surface area contributed by atoms with Crippen LogP contribution in [0.25, 0.3) is 0 Å². The van der Waals surface area contributed by atoms with Gasteiger partial charge in [-0.15, -0.1) is 0 Å². The number of furan rings is 1. The fraction of sp³-hybridized carbons (Fsp3) is 0.507. The third kappa shape index (κ3) is 43.1. The van der Waals surface area contributed by atoms with Crippen LogP contribution in [0.2, 0.25) is 5.02 Å². The first-order chi connectivity index (χ1) is 32.7. The zero-order valence-corrected chi connectivity index (χ0v) is 47.6. The molecule has 406 valence electrons. The molecule has 0 N–H and O–H groups in total. The van der Waals surface area contributed by atoms with E-state index in [1.54, 1.807) is 13.4 Å². The van der Waals surface area contributed by atoms with Gasteiger partial charge in [-0.1, -0.05) is 279 Å². The highest BCUT2D eigenvalue weighted by Gasteiger charge is 2.09. The molecule has 0 unspecified atom stereocenters. The number of halogens is 1. The number of hydrogen-bond donors (Lipinski definition) is 0. The minimum Gasteiger partial charge on any atom is -0.497 e. The maximum Gasteiger partial charge on any atom is 0.118 e. The Balaban J connectivity index is -0.000000374. The highest BCUT2D eigenvalue weighted by atomic mass is 35.5. The third-order valence-corrected chi connectivity index (χ3v) is 11.1. The average Bonchev–Trinajstić information content (AvgIpc) is 3.83. The lowest BCUT2D eigenvalue weighted by atomic mass is 9.89. The molecule has 2 nitrogen and oxygen atoms in total. The van der Waals surface area contributed by atoms with E-state index in [9.17, 15) is 0 Å². The average molecular weight is 1010 g/mol. The normalized spacial score (nSPS) is 10.1. The molecule has 0 amide bonds. The molecule has 0 fully saturated rings. The van der Waals surface area contributed by atoms with E-state index >= 15 is 0 Å². The first-order valence-corrected chi connectivity index (χ1v) is 26.6. The molecule has 1 aromatic heterocycles. The van der Waals surface area contributed by atoms with E-state index in [0.29, 0.717) is 29.1 Å². The summed E-state index contributed by atoms with van der Waals surface area (Å²) in [5.41, 5.74) is 7.49. The number of ether oxygens (including phenoxy) is 1. The zero-order chi connectivity index (χ0) is 52.0. The first-order valence-electron chi connectivity index (χ1n) is 26.2. The van der Waals surface area contributed by atoms with Gasteiger partial charge in [-0.25, -0.2) is 0 Å². The second-order valence-corrected chi connectivity index (χ2v) is 21.8. The highest BCUT2D eigenvalue weighted by molar-refractivity contribution is 6.30. The lowest BCUT2D eigenvalue weighted by Crippen LogP contribution is -2.04. The summed E-state index contributed by atoms with van der Waals surface area (Å²) in [6.45, 7) is 35.7. The van der Waals surface area contributed by atoms with Crippen molar-refractivity contribution in [2.45, 2.75) is 202 Å². The van der Waals surface area contributed by atoms with Gasteiger partial charge in [0, 0.05) is 11.4 Å². The predicted molar refractivity (Wildman–Crippen MR) is 329 cm³/mol. The van der Waals surface area contributed by atoms with Gasteiger partial charge in [0.1, 0.15) is 11.5 Å². The summed E-state index contributed by atoms with van der Waals surface area (Å²) in [6, 6.07) is 52.0. The predicted octanol–water partition coefficient (Wildman–Crippen LogP) is 23.3. The number of hydrogen-bond acceptors (Lipinski definition) is 2. The molecule has 6 rings (SSSR count). The number of rotatable bonds is 14. The van der Waals surface area contributed by atoms with Crippen LogP contribution in [0.15, 0.2) is 162 Å². The van der Waals surface area contributed by atoms with Gasteiger partial charge in [-0.3, -0.25) is 0 Å². The summed E-state index contributed by atoms with van der Waals surface area (Å²) in [5.74, 6) is 6.22. The van der Waals surface area contributed by atoms with Gasteiger partial charge in [0.15, 0.2) is 0 Å². The Kier molecular flexibility index (Phi) is 46.4. The van der Waals surface area contributed by atoms with E-state index in [1.807, 2.05) is 42.5 Å². The molecule has 0 aliphatic heterocycles. The van der Waals surface area contributed by atoms with Crippen molar-refractivity contribution in [1.29, 1.82) is 0 Å². The van der Waals surface area contributed by atoms with Crippen LogP contribution >= 0.6 is 11.6 Å². The van der Waals surface area contributed by atoms with Crippen LogP contribution in [0.3, 0.4) is 0 Å². The molecule has 0 saturated carbocycles. The molecule has 3 heteroatoms. The van der Waals surface area contributed by atoms with E-state index in [0.717, 1.165) is 34.8 Å². The van der Waals surface area contributed by atoms with Crippen LogP contribution < -0.4 is 4.74 Å². The number of aryl methyl sites for hydroxylation is 1. The molecule has 0 spiro atoms. The summed E-state index contributed by atoms with van der Waals surface area (Å²) >= 11 is 5.72. The molecular formula is C69H111ClO2. The van der Waals surface area contributed by atoms with E-state index in [2.05, 4.69) is 220 Å². The molecule has 0 atom stereocenters. The molecule has 72 heavy (non-hydrogen) atoms. The minimum absolute atomic E-state index is 0. The van der Waals surface area contributed by atoms with Crippen molar-refractivity contribution in [3.8, 4) is 5.75 Å². The third-order valence-electron chi connectivity index (χ3n) is 10.8. The maximum absolute atomic E-state index is 5.72. The van der Waals surface area contributed by atoms with Gasteiger partial charge in [0.05, 0.1) is 13.4 Å². The smallest absolute Gasteiger partial charge is 0.118 e. The molecule has 0 radical (unpaired) electrons. The van der Waals surface area contributed by atoms with Crippen LogP contribution in [-0.2, 0) is 19.3 Å². The molecule has 0 bridgehead atoms. The van der Waals surface area contributed by atoms with E-state index in [4.69, 9.17) is 20.8 Å². The maximum atomic E-state index is 5.72. The summed E-state index contributed by atoms with van der Waals surface area (Å²) < 4.78 is 10.2. The number of methoxy groups -OCH3 is 1. The van der Waals surface area contributed by atoms with Crippen molar-refractivity contribution in [1.82, 2.24) is 0 Å². The van der Waals surface area contributed by atoms with Crippen molar-refractivity contribution in [3.63, 3.8) is 0 Å². The van der Waals surface area contributed by atoms with Crippen molar-refractivity contribution in [2.24, 2.45) is 23.2 Å². The van der Waals surface area contributed by atoms with E-state index in [1.165, 1.54) is 72.8 Å². The topological polar surface area (TPSA) is 22.4 Å². The summed E-state index contributed by atoms with van der Waals surface area (Å²) in [4.78, 5) is 0. The largest absolute Gasteiger partial charge is 0.497 e. The number of unbranched alkanes of at least 4 members (excludes halogenated alkanes) is 1. The van der Waals surface area contributed by atoms with Gasteiger partial charge in [-0.2, -0.15) is 0 Å². The molecule has 5 aromatic carbocycles. The lowest BCUT2D eigenvalue weighted by Gasteiger charge is -2.17. The van der Waals surface area contributed by atoms with Crippen LogP contribution in [0, 0.1) is 23.2 Å². The van der Waals surface area contributed by atoms with Crippen molar-refractivity contribution in [3.05, 3.63) is 197 Å². The molecule has 0 aliphatic carbocycles. The molecule has 0 aliphatic rings. The van der Waals surface area contributed by atoms with Crippen LogP contribution in [-0.4, -0.2) is 7.11 Å². The van der Waals surface area contributed by atoms with E-state index < -0.39 is 0 Å². The summed E-state index contributed by atoms with van der Waals surface area (Å²) in [7, 11) is 1.68. The summed E-state index contributed by atoms with van der Waals surface area (Å²) in [5, 5.41) is 0.810. The Morgan fingerprint density at radius 1 is 0.472 bits per heavy atom. The SMILES string of the molecule is C.C.C.CC(C)(C)CCCc1ccccc1.CC(C)Cc1ccccc1.CC(C)Cc1ccco1.CC(C)c1ccc(Cl)cc1.CC(C)c1ccccc1.CCCCC(C)C.COc1ccc(C(C)C)cc1. The second-order valence-electron chi connectivity index (χ2n) is 21.4. The summed E-state index contributed by atoms with van der Waals surface area (Å²) in [6.07, 6.45) is 11.9. The molecular weight excluding hydrogens is 896 g/mol. The Labute approximate surface area is 453 Å². The van der Waals surface area contributed by atoms with Crippen LogP contribution in [0.4, 0.5) is 0 Å². The van der Waals surface area contributed by atoms with Crippen LogP contribution in [0.1, 0.15) is 216 Å². The van der Waals surface area contributed by atoms with Crippen molar-refractivity contribution in [2.75, 3.05) is 7.11 Å². The fourth-order valence-corrected chi connectivity index (χ4v) is 6.80. The lowest BCUT2D eigenvalue weighted by molar-refractivity contribution is 0.365. The van der Waals surface area contributed by atoms with Gasteiger partial charge in [0.2, 0.25) is 0 Å². The fourth-order valence-electron chi connectivity index (χ4n) is 6.67. The second kappa shape index (κ2) is 45.1. The van der Waals surface area contributed by atoms with Gasteiger partial charge < -0.3 is 9.15 Å². The van der Waals surface area contributed by atoms with Gasteiger partial charge in [-0.05, 0) is 131 Å². The molecule has 6 aromatic rings. The highest BCUT2D eigenvalue weighted by Crippen LogP contribution is 2.22. The quantitative estimate of drug-likeness (QED) is 0.108. The van der Waals surface area contributed by atoms with Crippen LogP contribution in [0.5, 0.6) is 5.75 Å². The Morgan fingerprint density at radius 3 is 1.22 bits per heavy atom. The Hall–Kier alpha value is -4.53. The number of benzene rings is 5. The Morgan fingerprint density at radius 2 is 0.889 bits per heavy atom. The van der Waals surface area contributed by atoms with Crippen molar-refractivity contribution >= 4 is 11.6 Å². The standard InChI is InChI=1S/C13H20.C10H14O.C10H14.C9H11Cl.C9H12.C8H12O.C7H16.3CH4/c1-13(2,3)11-7-10-12-8-5-4-6-9-12;1-8(2)9-4-6-10(11-3)7-5-9;1-9(2)8-10-6-4-3-5-7-10;1-7(2)8-3-5-9(10)6-4-8;1-8(2)9-6-4-3-5-7-9;1-7(2)6-8-4-3-5-9-8;1-4-5-6-7(2)3;;;/h4-6,8-9H,7,10-11H2,1-3H3;4-8H,1-3H3;3-7,9H,8H2,1-2H3;3-7H,1-2H3;3-8H,1-2H3;3-5,7H,6H2,1-2H3;7H,4-6H2,1-3H3;3*1H4. The van der Waals surface area contributed by atoms with Gasteiger partial charge >= 0.3 is 0 Å². The Bertz CT molecular complexity index is 1970. The zero-order valence-electron chi connectivity index (χ0n) is 46.8.